The van der Waals surface area contributed by atoms with Crippen LogP contribution in [0.4, 0.5) is 0 Å². The molecule has 21 heavy (non-hydrogen) atoms. The van der Waals surface area contributed by atoms with Crippen LogP contribution in [0.1, 0.15) is 49.4 Å². The van der Waals surface area contributed by atoms with E-state index in [-0.39, 0.29) is 23.7 Å². The Morgan fingerprint density at radius 1 is 1.24 bits per heavy atom. The molecular weight excluding hydrogens is 270 g/mol. The number of unbranched alkanes of at least 4 members (excludes halogenated alkanes) is 2. The molecule has 0 saturated carbocycles. The molecule has 1 unspecified atom stereocenters. The van der Waals surface area contributed by atoms with Gasteiger partial charge in [0.1, 0.15) is 5.41 Å². The summed E-state index contributed by atoms with van der Waals surface area (Å²) in [6, 6.07) is 8.46. The molecule has 5 heteroatoms. The van der Waals surface area contributed by atoms with Crippen LogP contribution in [0.5, 0.6) is 0 Å². The number of rotatable bonds is 6. The number of carbonyl (C=O) groups is 3. The van der Waals surface area contributed by atoms with E-state index in [2.05, 4.69) is 0 Å². The summed E-state index contributed by atoms with van der Waals surface area (Å²) in [5, 5.41) is 9.64. The van der Waals surface area contributed by atoms with Crippen LogP contribution < -0.4 is 0 Å². The van der Waals surface area contributed by atoms with Crippen LogP contribution >= 0.6 is 0 Å². The topological polar surface area (TPSA) is 74.7 Å². The number of amides is 2. The molecule has 1 N–H and O–H groups in total. The summed E-state index contributed by atoms with van der Waals surface area (Å²) in [6.45, 7) is 2.02. The number of Topliss-reactive ketones (excluding diaryl/α,β-unsaturated/α-hetero) is 1. The number of nitrogens with zero attached hydrogens (tertiary/aromatic N) is 1. The normalized spacial score (nSPS) is 21.9. The lowest BCUT2D eigenvalue weighted by molar-refractivity contribution is -0.173. The number of hydroxylamine groups is 2. The van der Waals surface area contributed by atoms with Crippen LogP contribution in [0.25, 0.3) is 0 Å². The van der Waals surface area contributed by atoms with E-state index >= 15 is 0 Å². The highest BCUT2D eigenvalue weighted by Crippen LogP contribution is 2.40. The molecule has 0 aromatic heterocycles. The maximum atomic E-state index is 12.8. The highest BCUT2D eigenvalue weighted by Gasteiger charge is 2.56. The van der Waals surface area contributed by atoms with Gasteiger partial charge in [0.05, 0.1) is 6.42 Å². The summed E-state index contributed by atoms with van der Waals surface area (Å²) < 4.78 is 0. The Morgan fingerprint density at radius 2 is 1.90 bits per heavy atom. The number of imide groups is 1. The Hall–Kier alpha value is -2.01. The van der Waals surface area contributed by atoms with Crippen molar-refractivity contribution in [3.63, 3.8) is 0 Å². The summed E-state index contributed by atoms with van der Waals surface area (Å²) in [7, 11) is 0. The van der Waals surface area contributed by atoms with E-state index in [1.807, 2.05) is 6.92 Å². The fourth-order valence-electron chi connectivity index (χ4n) is 2.75. The Bertz CT molecular complexity index is 555. The first-order valence-corrected chi connectivity index (χ1v) is 7.19. The van der Waals surface area contributed by atoms with E-state index in [0.717, 1.165) is 12.8 Å². The molecule has 1 aliphatic heterocycles. The molecule has 0 aliphatic carbocycles. The molecular formula is C16H19NO4. The van der Waals surface area contributed by atoms with E-state index in [4.69, 9.17) is 0 Å². The molecule has 1 aromatic carbocycles. The SMILES string of the molecule is CCCCCC1(C(=O)c2ccccc2)CC(=O)N(O)C1=O. The van der Waals surface area contributed by atoms with Gasteiger partial charge in [-0.2, -0.15) is 5.06 Å². The molecule has 1 aromatic rings. The third kappa shape index (κ3) is 2.74. The monoisotopic (exact) mass is 289 g/mol. The van der Waals surface area contributed by atoms with E-state index in [9.17, 15) is 19.6 Å². The summed E-state index contributed by atoms with van der Waals surface area (Å²) in [5.41, 5.74) is -1.05. The van der Waals surface area contributed by atoms with Crippen molar-refractivity contribution in [2.75, 3.05) is 0 Å². The molecule has 0 spiro atoms. The molecule has 0 radical (unpaired) electrons. The molecule has 1 atom stereocenters. The summed E-state index contributed by atoms with van der Waals surface area (Å²) >= 11 is 0. The van der Waals surface area contributed by atoms with Gasteiger partial charge in [-0.05, 0) is 6.42 Å². The van der Waals surface area contributed by atoms with Gasteiger partial charge in [0.25, 0.3) is 11.8 Å². The lowest BCUT2D eigenvalue weighted by Gasteiger charge is -2.24. The minimum absolute atomic E-state index is 0.104. The van der Waals surface area contributed by atoms with Crippen molar-refractivity contribution in [1.29, 1.82) is 0 Å². The first-order chi connectivity index (χ1) is 10.0. The fourth-order valence-corrected chi connectivity index (χ4v) is 2.75. The van der Waals surface area contributed by atoms with Crippen LogP contribution in [-0.4, -0.2) is 27.9 Å². The zero-order valence-electron chi connectivity index (χ0n) is 12.0. The van der Waals surface area contributed by atoms with Crippen molar-refractivity contribution in [3.05, 3.63) is 35.9 Å². The number of carbonyl (C=O) groups excluding carboxylic acids is 3. The highest BCUT2D eigenvalue weighted by atomic mass is 16.5. The molecule has 2 rings (SSSR count). The molecule has 5 nitrogen and oxygen atoms in total. The van der Waals surface area contributed by atoms with Gasteiger partial charge in [-0.1, -0.05) is 56.5 Å². The molecule has 112 valence electrons. The zero-order chi connectivity index (χ0) is 15.5. The van der Waals surface area contributed by atoms with Crippen molar-refractivity contribution in [2.45, 2.75) is 39.0 Å². The first-order valence-electron chi connectivity index (χ1n) is 7.19. The number of ketones is 1. The van der Waals surface area contributed by atoms with Crippen molar-refractivity contribution in [3.8, 4) is 0 Å². The molecule has 1 saturated heterocycles. The van der Waals surface area contributed by atoms with E-state index in [0.29, 0.717) is 12.0 Å². The summed E-state index contributed by atoms with van der Waals surface area (Å²) in [5.74, 6) is -1.88. The van der Waals surface area contributed by atoms with Crippen LogP contribution in [0.2, 0.25) is 0 Å². The number of hydrogen-bond donors (Lipinski definition) is 1. The van der Waals surface area contributed by atoms with Gasteiger partial charge < -0.3 is 0 Å². The third-order valence-electron chi connectivity index (χ3n) is 3.97. The average Bonchev–Trinajstić information content (AvgIpc) is 2.73. The Kier molecular flexibility index (Phi) is 4.53. The van der Waals surface area contributed by atoms with Gasteiger partial charge >= 0.3 is 0 Å². The maximum Gasteiger partial charge on any atom is 0.267 e. The Balaban J connectivity index is 2.35. The zero-order valence-corrected chi connectivity index (χ0v) is 12.0. The third-order valence-corrected chi connectivity index (χ3v) is 3.97. The van der Waals surface area contributed by atoms with Crippen LogP contribution in [0.3, 0.4) is 0 Å². The predicted octanol–water partition coefficient (Wildman–Crippen LogP) is 2.58. The van der Waals surface area contributed by atoms with Gasteiger partial charge in [0, 0.05) is 5.56 Å². The quantitative estimate of drug-likeness (QED) is 0.287. The smallest absolute Gasteiger partial charge is 0.267 e. The summed E-state index contributed by atoms with van der Waals surface area (Å²) in [6.07, 6.45) is 2.52. The number of benzene rings is 1. The van der Waals surface area contributed by atoms with Crippen LogP contribution in [0.15, 0.2) is 30.3 Å². The van der Waals surface area contributed by atoms with Gasteiger partial charge in [0.2, 0.25) is 0 Å². The summed E-state index contributed by atoms with van der Waals surface area (Å²) in [4.78, 5) is 36.7. The van der Waals surface area contributed by atoms with E-state index in [1.165, 1.54) is 0 Å². The van der Waals surface area contributed by atoms with Crippen molar-refractivity contribution >= 4 is 17.6 Å². The second kappa shape index (κ2) is 6.18. The second-order valence-corrected chi connectivity index (χ2v) is 5.42. The molecule has 2 amide bonds. The highest BCUT2D eigenvalue weighted by molar-refractivity contribution is 6.21. The first kappa shape index (κ1) is 15.4. The standard InChI is InChI=1S/C16H19NO4/c1-2-3-7-10-16(11-13(18)17(21)15(16)20)14(19)12-8-5-4-6-9-12/h4-6,8-9,21H,2-3,7,10-11H2,1H3. The van der Waals surface area contributed by atoms with Crippen molar-refractivity contribution in [2.24, 2.45) is 5.41 Å². The average molecular weight is 289 g/mol. The maximum absolute atomic E-state index is 12.8. The van der Waals surface area contributed by atoms with Crippen LogP contribution in [0, 0.1) is 5.41 Å². The second-order valence-electron chi connectivity index (χ2n) is 5.42. The molecule has 1 fully saturated rings. The van der Waals surface area contributed by atoms with Crippen molar-refractivity contribution < 1.29 is 19.6 Å². The molecule has 0 bridgehead atoms. The van der Waals surface area contributed by atoms with Gasteiger partial charge in [-0.3, -0.25) is 19.6 Å². The van der Waals surface area contributed by atoms with Gasteiger partial charge in [0.15, 0.2) is 5.78 Å². The van der Waals surface area contributed by atoms with Crippen molar-refractivity contribution in [1.82, 2.24) is 5.06 Å². The van der Waals surface area contributed by atoms with Crippen LogP contribution in [-0.2, 0) is 9.59 Å². The van der Waals surface area contributed by atoms with E-state index < -0.39 is 17.2 Å². The predicted molar refractivity (Wildman–Crippen MR) is 75.6 cm³/mol. The molecule has 1 aliphatic rings. The fraction of sp³-hybridized carbons (Fsp3) is 0.438. The Labute approximate surface area is 123 Å². The minimum atomic E-state index is -1.44. The molecule has 1 heterocycles. The lowest BCUT2D eigenvalue weighted by atomic mass is 9.74. The largest absolute Gasteiger partial charge is 0.293 e. The lowest BCUT2D eigenvalue weighted by Crippen LogP contribution is -2.40. The number of hydrogen-bond acceptors (Lipinski definition) is 4. The van der Waals surface area contributed by atoms with Gasteiger partial charge in [-0.15, -0.1) is 0 Å². The Morgan fingerprint density at radius 3 is 2.43 bits per heavy atom. The van der Waals surface area contributed by atoms with Gasteiger partial charge in [-0.25, -0.2) is 0 Å². The van der Waals surface area contributed by atoms with E-state index in [1.54, 1.807) is 30.3 Å². The minimum Gasteiger partial charge on any atom is -0.293 e.